The predicted molar refractivity (Wildman–Crippen MR) is 48.5 cm³/mol. The minimum Gasteiger partial charge on any atom is -0.381 e. The van der Waals surface area contributed by atoms with Gasteiger partial charge in [-0.05, 0) is 18.8 Å². The molecule has 68 valence electrons. The van der Waals surface area contributed by atoms with Crippen molar-refractivity contribution in [2.45, 2.75) is 39.7 Å². The summed E-state index contributed by atoms with van der Waals surface area (Å²) in [5.41, 5.74) is 5.80. The zero-order valence-corrected chi connectivity index (χ0v) is 7.97. The highest BCUT2D eigenvalue weighted by molar-refractivity contribution is 4.74. The van der Waals surface area contributed by atoms with Crippen molar-refractivity contribution in [3.8, 4) is 0 Å². The number of ether oxygens (including phenoxy) is 1. The van der Waals surface area contributed by atoms with E-state index in [1.54, 1.807) is 0 Å². The van der Waals surface area contributed by atoms with Crippen LogP contribution in [0.2, 0.25) is 0 Å². The summed E-state index contributed by atoms with van der Waals surface area (Å²) in [6.45, 7) is 7.93. The Hall–Kier alpha value is -0.0800. The number of rotatable bonds is 2. The highest BCUT2D eigenvalue weighted by atomic mass is 16.5. The van der Waals surface area contributed by atoms with Gasteiger partial charge in [0.15, 0.2) is 0 Å². The molecule has 2 N–H and O–H groups in total. The van der Waals surface area contributed by atoms with Crippen LogP contribution >= 0.6 is 0 Å². The molecule has 0 aromatic heterocycles. The number of hydrogen-bond acceptors (Lipinski definition) is 2. The van der Waals surface area contributed by atoms with Gasteiger partial charge in [-0.1, -0.05) is 20.8 Å². The molecule has 0 aliphatic carbocycles. The van der Waals surface area contributed by atoms with E-state index in [1.807, 2.05) is 13.8 Å². The van der Waals surface area contributed by atoms with Crippen LogP contribution in [0.3, 0.4) is 0 Å². The Morgan fingerprint density at radius 2 is 2.18 bits per heavy atom. The third-order valence-corrected chi connectivity index (χ3v) is 2.04. The predicted octanol–water partition coefficient (Wildman–Crippen LogP) is 1.79. The molecule has 11 heavy (non-hydrogen) atoms. The van der Waals surface area contributed by atoms with Crippen molar-refractivity contribution >= 4 is 0 Å². The van der Waals surface area contributed by atoms with Crippen LogP contribution in [-0.2, 0) is 4.74 Å². The third kappa shape index (κ3) is 3.73. The largest absolute Gasteiger partial charge is 0.381 e. The average molecular weight is 159 g/mol. The lowest BCUT2D eigenvalue weighted by atomic mass is 9.98. The number of nitrogens with two attached hydrogens (primary N) is 1. The Balaban J connectivity index is 0.000000461. The van der Waals surface area contributed by atoms with E-state index >= 15 is 0 Å². The van der Waals surface area contributed by atoms with Crippen LogP contribution in [-0.4, -0.2) is 19.3 Å². The highest BCUT2D eigenvalue weighted by Gasteiger charge is 2.20. The van der Waals surface area contributed by atoms with Crippen molar-refractivity contribution in [3.05, 3.63) is 0 Å². The molecule has 0 aromatic rings. The minimum absolute atomic E-state index is 0.368. The smallest absolute Gasteiger partial charge is 0.0509 e. The second kappa shape index (κ2) is 6.62. The van der Waals surface area contributed by atoms with Crippen molar-refractivity contribution in [1.29, 1.82) is 0 Å². The molecule has 2 unspecified atom stereocenters. The van der Waals surface area contributed by atoms with Crippen molar-refractivity contribution < 1.29 is 4.74 Å². The normalized spacial score (nSPS) is 25.6. The van der Waals surface area contributed by atoms with Gasteiger partial charge in [-0.25, -0.2) is 0 Å². The molecule has 2 heteroatoms. The van der Waals surface area contributed by atoms with E-state index in [4.69, 9.17) is 10.5 Å². The van der Waals surface area contributed by atoms with Crippen molar-refractivity contribution in [2.24, 2.45) is 11.7 Å². The van der Waals surface area contributed by atoms with Gasteiger partial charge in [0, 0.05) is 12.6 Å². The van der Waals surface area contributed by atoms with E-state index in [9.17, 15) is 0 Å². The van der Waals surface area contributed by atoms with Crippen LogP contribution in [0.1, 0.15) is 33.6 Å². The first-order valence-electron chi connectivity index (χ1n) is 4.68. The summed E-state index contributed by atoms with van der Waals surface area (Å²) in [5.74, 6) is 0.634. The summed E-state index contributed by atoms with van der Waals surface area (Å²) < 4.78 is 5.20. The van der Waals surface area contributed by atoms with Gasteiger partial charge in [0.25, 0.3) is 0 Å². The van der Waals surface area contributed by atoms with Gasteiger partial charge in [0.05, 0.1) is 6.61 Å². The molecule has 0 aromatic carbocycles. The van der Waals surface area contributed by atoms with Crippen LogP contribution in [0, 0.1) is 5.92 Å². The molecular formula is C9H21NO. The number of hydrogen-bond donors (Lipinski definition) is 1. The fourth-order valence-corrected chi connectivity index (χ4v) is 1.22. The van der Waals surface area contributed by atoms with Gasteiger partial charge in [-0.3, -0.25) is 0 Å². The topological polar surface area (TPSA) is 35.2 Å². The quantitative estimate of drug-likeness (QED) is 0.666. The lowest BCUT2D eigenvalue weighted by molar-refractivity contribution is 0.180. The molecule has 1 saturated heterocycles. The SMILES string of the molecule is CC.CCC(N)C1CCOC1. The molecule has 1 aliphatic rings. The molecule has 0 amide bonds. The van der Waals surface area contributed by atoms with E-state index in [2.05, 4.69) is 6.92 Å². The summed E-state index contributed by atoms with van der Waals surface area (Å²) >= 11 is 0. The first-order valence-corrected chi connectivity index (χ1v) is 4.68. The molecule has 1 fully saturated rings. The monoisotopic (exact) mass is 159 g/mol. The summed E-state index contributed by atoms with van der Waals surface area (Å²) in [6.07, 6.45) is 2.24. The Kier molecular flexibility index (Phi) is 6.57. The van der Waals surface area contributed by atoms with Gasteiger partial charge >= 0.3 is 0 Å². The van der Waals surface area contributed by atoms with Crippen LogP contribution < -0.4 is 5.73 Å². The summed E-state index contributed by atoms with van der Waals surface area (Å²) in [6, 6.07) is 0.368. The van der Waals surface area contributed by atoms with Gasteiger partial charge in [-0.2, -0.15) is 0 Å². The molecule has 0 radical (unpaired) electrons. The lowest BCUT2D eigenvalue weighted by Gasteiger charge is -2.14. The van der Waals surface area contributed by atoms with Crippen LogP contribution in [0.4, 0.5) is 0 Å². The Morgan fingerprint density at radius 1 is 1.55 bits per heavy atom. The summed E-state index contributed by atoms with van der Waals surface area (Å²) in [7, 11) is 0. The van der Waals surface area contributed by atoms with E-state index in [-0.39, 0.29) is 0 Å². The highest BCUT2D eigenvalue weighted by Crippen LogP contribution is 2.16. The Bertz CT molecular complexity index is 79.6. The maximum atomic E-state index is 5.80. The van der Waals surface area contributed by atoms with E-state index < -0.39 is 0 Å². The van der Waals surface area contributed by atoms with Crippen molar-refractivity contribution in [3.63, 3.8) is 0 Å². The second-order valence-electron chi connectivity index (χ2n) is 2.70. The summed E-state index contributed by atoms with van der Waals surface area (Å²) in [5, 5.41) is 0. The molecule has 1 heterocycles. The molecule has 2 atom stereocenters. The molecular weight excluding hydrogens is 138 g/mol. The fraction of sp³-hybridized carbons (Fsp3) is 1.00. The van der Waals surface area contributed by atoms with E-state index in [0.29, 0.717) is 12.0 Å². The Labute approximate surface area is 70.1 Å². The van der Waals surface area contributed by atoms with E-state index in [0.717, 1.165) is 26.1 Å². The standard InChI is InChI=1S/C7H15NO.C2H6/c1-2-7(8)6-3-4-9-5-6;1-2/h6-7H,2-5,8H2,1H3;1-2H3. The van der Waals surface area contributed by atoms with Crippen LogP contribution in [0.5, 0.6) is 0 Å². The zero-order valence-electron chi connectivity index (χ0n) is 7.97. The molecule has 0 spiro atoms. The molecule has 0 saturated carbocycles. The third-order valence-electron chi connectivity index (χ3n) is 2.04. The second-order valence-corrected chi connectivity index (χ2v) is 2.70. The summed E-state index contributed by atoms with van der Waals surface area (Å²) in [4.78, 5) is 0. The molecule has 1 aliphatic heterocycles. The maximum absolute atomic E-state index is 5.80. The van der Waals surface area contributed by atoms with Crippen molar-refractivity contribution in [2.75, 3.05) is 13.2 Å². The first-order chi connectivity index (χ1) is 5.34. The van der Waals surface area contributed by atoms with Gasteiger partial charge in [0.1, 0.15) is 0 Å². The first kappa shape index (κ1) is 10.9. The fourth-order valence-electron chi connectivity index (χ4n) is 1.22. The van der Waals surface area contributed by atoms with Gasteiger partial charge in [0.2, 0.25) is 0 Å². The average Bonchev–Trinajstić information content (AvgIpc) is 2.59. The lowest BCUT2D eigenvalue weighted by Crippen LogP contribution is -2.29. The molecule has 0 bridgehead atoms. The van der Waals surface area contributed by atoms with Gasteiger partial charge in [-0.15, -0.1) is 0 Å². The molecule has 2 nitrogen and oxygen atoms in total. The minimum atomic E-state index is 0.368. The maximum Gasteiger partial charge on any atom is 0.0509 e. The Morgan fingerprint density at radius 3 is 2.55 bits per heavy atom. The van der Waals surface area contributed by atoms with Crippen molar-refractivity contribution in [1.82, 2.24) is 0 Å². The molecule has 1 rings (SSSR count). The van der Waals surface area contributed by atoms with E-state index in [1.165, 1.54) is 0 Å². The van der Waals surface area contributed by atoms with Crippen LogP contribution in [0.15, 0.2) is 0 Å². The van der Waals surface area contributed by atoms with Gasteiger partial charge < -0.3 is 10.5 Å². The van der Waals surface area contributed by atoms with Crippen LogP contribution in [0.25, 0.3) is 0 Å². The zero-order chi connectivity index (χ0) is 8.69.